The first-order valence-electron chi connectivity index (χ1n) is 17.6. The van der Waals surface area contributed by atoms with Crippen molar-refractivity contribution in [3.63, 3.8) is 0 Å². The second kappa shape index (κ2) is 29.7. The maximum atomic E-state index is 12.6. The Morgan fingerprint density at radius 1 is 0.525 bits per heavy atom. The monoisotopic (exact) mass is 568 g/mol. The van der Waals surface area contributed by atoms with Gasteiger partial charge in [0.05, 0.1) is 0 Å². The normalized spacial score (nSPS) is 13.2. The van der Waals surface area contributed by atoms with Crippen molar-refractivity contribution in [1.29, 1.82) is 0 Å². The molecule has 2 N–H and O–H groups in total. The molecule has 0 bridgehead atoms. The summed E-state index contributed by atoms with van der Waals surface area (Å²) in [6.45, 7) is 6.60. The molecule has 0 aromatic rings. The van der Waals surface area contributed by atoms with E-state index in [0.29, 0.717) is 12.8 Å². The Bertz CT molecular complexity index is 566. The molecule has 0 aromatic carbocycles. The lowest BCUT2D eigenvalue weighted by Gasteiger charge is -2.19. The highest BCUT2D eigenvalue weighted by atomic mass is 16.8. The molecule has 0 radical (unpaired) electrons. The standard InChI is InChI=1S/C35H69NO4/c1-4-6-8-10-12-14-16-17-19-21-23-25-27-29-35(38)34(36(39)40)31-33(37)30-32(3)28-26-24-22-20-18-15-13-11-9-7-5-2/h32,34,39-40H,4-31H2,1-3H3. The van der Waals surface area contributed by atoms with Gasteiger partial charge in [-0.05, 0) is 12.3 Å². The Morgan fingerprint density at radius 2 is 0.875 bits per heavy atom. The van der Waals surface area contributed by atoms with E-state index in [1.54, 1.807) is 0 Å². The van der Waals surface area contributed by atoms with E-state index in [1.807, 2.05) is 0 Å². The van der Waals surface area contributed by atoms with Gasteiger partial charge in [-0.3, -0.25) is 20.0 Å². The van der Waals surface area contributed by atoms with Crippen molar-refractivity contribution in [3.05, 3.63) is 0 Å². The second-order valence-electron chi connectivity index (χ2n) is 12.7. The van der Waals surface area contributed by atoms with Crippen LogP contribution >= 0.6 is 0 Å². The molecule has 0 aliphatic heterocycles. The van der Waals surface area contributed by atoms with Crippen molar-refractivity contribution in [1.82, 2.24) is 5.23 Å². The Labute approximate surface area is 249 Å². The van der Waals surface area contributed by atoms with Crippen LogP contribution in [0.4, 0.5) is 0 Å². The Hall–Kier alpha value is -0.780. The summed E-state index contributed by atoms with van der Waals surface area (Å²) >= 11 is 0. The summed E-state index contributed by atoms with van der Waals surface area (Å²) in [6.07, 6.45) is 32.2. The predicted octanol–water partition coefficient (Wildman–Crippen LogP) is 11.2. The zero-order valence-corrected chi connectivity index (χ0v) is 27.1. The number of carbonyl (C=O) groups excluding carboxylic acids is 2. The van der Waals surface area contributed by atoms with E-state index in [-0.39, 0.29) is 29.1 Å². The third kappa shape index (κ3) is 26.1. The number of unbranched alkanes of at least 4 members (excludes halogenated alkanes) is 22. The average molecular weight is 568 g/mol. The van der Waals surface area contributed by atoms with Gasteiger partial charge in [0.15, 0.2) is 5.78 Å². The van der Waals surface area contributed by atoms with Crippen LogP contribution in [0.2, 0.25) is 0 Å². The molecule has 0 aliphatic carbocycles. The van der Waals surface area contributed by atoms with Crippen molar-refractivity contribution in [2.24, 2.45) is 5.92 Å². The van der Waals surface area contributed by atoms with Gasteiger partial charge in [0.2, 0.25) is 0 Å². The second-order valence-corrected chi connectivity index (χ2v) is 12.7. The van der Waals surface area contributed by atoms with Gasteiger partial charge in [-0.1, -0.05) is 180 Å². The summed E-state index contributed by atoms with van der Waals surface area (Å²) in [4.78, 5) is 25.1. The lowest BCUT2D eigenvalue weighted by Crippen LogP contribution is -2.38. The zero-order valence-electron chi connectivity index (χ0n) is 27.1. The molecule has 2 atom stereocenters. The smallest absolute Gasteiger partial charge is 0.155 e. The van der Waals surface area contributed by atoms with Crippen LogP contribution in [0.25, 0.3) is 0 Å². The van der Waals surface area contributed by atoms with Crippen LogP contribution in [0.3, 0.4) is 0 Å². The minimum atomic E-state index is -1.13. The van der Waals surface area contributed by atoms with Gasteiger partial charge in [-0.15, -0.1) is 0 Å². The van der Waals surface area contributed by atoms with Gasteiger partial charge < -0.3 is 0 Å². The van der Waals surface area contributed by atoms with Crippen LogP contribution < -0.4 is 0 Å². The van der Waals surface area contributed by atoms with Crippen molar-refractivity contribution >= 4 is 11.6 Å². The summed E-state index contributed by atoms with van der Waals surface area (Å²) < 4.78 is 0. The molecular weight excluding hydrogens is 498 g/mol. The Kier molecular flexibility index (Phi) is 29.1. The number of rotatable bonds is 32. The van der Waals surface area contributed by atoms with Crippen LogP contribution in [-0.2, 0) is 9.59 Å². The molecule has 0 aromatic heterocycles. The van der Waals surface area contributed by atoms with Crippen molar-refractivity contribution in [2.75, 3.05) is 0 Å². The van der Waals surface area contributed by atoms with Gasteiger partial charge in [0, 0.05) is 19.3 Å². The minimum absolute atomic E-state index is 0.0308. The molecule has 40 heavy (non-hydrogen) atoms. The molecule has 0 saturated heterocycles. The quantitative estimate of drug-likeness (QED) is 0.0624. The highest BCUT2D eigenvalue weighted by Gasteiger charge is 2.27. The number of hydroxylamine groups is 2. The van der Waals surface area contributed by atoms with Crippen LogP contribution in [0.5, 0.6) is 0 Å². The fourth-order valence-corrected chi connectivity index (χ4v) is 5.75. The maximum Gasteiger partial charge on any atom is 0.155 e. The number of hydrogen-bond acceptors (Lipinski definition) is 5. The number of carbonyl (C=O) groups is 2. The molecule has 0 saturated carbocycles. The summed E-state index contributed by atoms with van der Waals surface area (Å²) in [5.74, 6) is -0.0134. The minimum Gasteiger partial charge on any atom is -0.300 e. The first-order valence-corrected chi connectivity index (χ1v) is 17.6. The Balaban J connectivity index is 3.82. The SMILES string of the molecule is CCCCCCCCCCCCCCCC(=O)C(CC(=O)CC(C)CCCCCCCCCCCCC)N(O)O. The number of Topliss-reactive ketones (excluding diaryl/α,β-unsaturated/α-hetero) is 2. The molecule has 0 spiro atoms. The van der Waals surface area contributed by atoms with Gasteiger partial charge in [-0.25, -0.2) is 0 Å². The van der Waals surface area contributed by atoms with Crippen molar-refractivity contribution < 1.29 is 20.0 Å². The van der Waals surface area contributed by atoms with Crippen molar-refractivity contribution in [2.45, 2.75) is 207 Å². The molecule has 5 nitrogen and oxygen atoms in total. The molecule has 238 valence electrons. The van der Waals surface area contributed by atoms with Crippen LogP contribution in [0.15, 0.2) is 0 Å². The third-order valence-corrected chi connectivity index (χ3v) is 8.47. The van der Waals surface area contributed by atoms with E-state index in [9.17, 15) is 20.0 Å². The highest BCUT2D eigenvalue weighted by molar-refractivity contribution is 5.90. The van der Waals surface area contributed by atoms with Crippen LogP contribution in [0.1, 0.15) is 201 Å². The number of hydrogen-bond donors (Lipinski definition) is 2. The van der Waals surface area contributed by atoms with E-state index in [4.69, 9.17) is 0 Å². The molecule has 0 heterocycles. The fourth-order valence-electron chi connectivity index (χ4n) is 5.75. The van der Waals surface area contributed by atoms with Gasteiger partial charge in [0.25, 0.3) is 0 Å². The largest absolute Gasteiger partial charge is 0.300 e. The maximum absolute atomic E-state index is 12.6. The molecule has 0 aliphatic rings. The molecule has 2 unspecified atom stereocenters. The van der Waals surface area contributed by atoms with E-state index >= 15 is 0 Å². The first-order chi connectivity index (χ1) is 19.4. The van der Waals surface area contributed by atoms with Gasteiger partial charge in [-0.2, -0.15) is 0 Å². The highest BCUT2D eigenvalue weighted by Crippen LogP contribution is 2.19. The summed E-state index contributed by atoms with van der Waals surface area (Å²) in [7, 11) is 0. The van der Waals surface area contributed by atoms with Gasteiger partial charge in [0.1, 0.15) is 11.8 Å². The zero-order chi connectivity index (χ0) is 29.7. The summed E-state index contributed by atoms with van der Waals surface area (Å²) in [5, 5.41) is 19.2. The van der Waals surface area contributed by atoms with Crippen LogP contribution in [-0.4, -0.2) is 33.2 Å². The third-order valence-electron chi connectivity index (χ3n) is 8.47. The summed E-state index contributed by atoms with van der Waals surface area (Å²) in [6, 6.07) is -1.13. The van der Waals surface area contributed by atoms with E-state index in [2.05, 4.69) is 20.8 Å². The van der Waals surface area contributed by atoms with E-state index < -0.39 is 6.04 Å². The van der Waals surface area contributed by atoms with Crippen LogP contribution in [0, 0.1) is 5.92 Å². The molecule has 5 heteroatoms. The topological polar surface area (TPSA) is 77.8 Å². The lowest BCUT2D eigenvalue weighted by atomic mass is 9.93. The fraction of sp³-hybridized carbons (Fsp3) is 0.943. The van der Waals surface area contributed by atoms with Crippen molar-refractivity contribution in [3.8, 4) is 0 Å². The number of ketones is 2. The summed E-state index contributed by atoms with van der Waals surface area (Å²) in [5.41, 5.74) is 0. The molecule has 0 amide bonds. The lowest BCUT2D eigenvalue weighted by molar-refractivity contribution is -0.324. The Morgan fingerprint density at radius 3 is 1.25 bits per heavy atom. The molecule has 0 rings (SSSR count). The molecular formula is C35H69NO4. The predicted molar refractivity (Wildman–Crippen MR) is 169 cm³/mol. The van der Waals surface area contributed by atoms with Gasteiger partial charge >= 0.3 is 0 Å². The number of nitrogens with zero attached hydrogens (tertiary/aromatic N) is 1. The first kappa shape index (κ1) is 39.2. The molecule has 0 fully saturated rings. The average Bonchev–Trinajstić information content (AvgIpc) is 2.92. The van der Waals surface area contributed by atoms with E-state index in [0.717, 1.165) is 32.1 Å². The van der Waals surface area contributed by atoms with E-state index in [1.165, 1.54) is 128 Å².